The molecule has 1 heterocycles. The number of piperidine rings is 1. The Morgan fingerprint density at radius 1 is 1.52 bits per heavy atom. The fourth-order valence-corrected chi connectivity index (χ4v) is 2.26. The van der Waals surface area contributed by atoms with Gasteiger partial charge in [0.05, 0.1) is 12.5 Å². The zero-order valence-electron chi connectivity index (χ0n) is 12.1. The molecule has 1 saturated heterocycles. The number of rotatable bonds is 5. The largest absolute Gasteiger partial charge is 0.486 e. The maximum absolute atomic E-state index is 13.4. The second-order valence-electron chi connectivity index (χ2n) is 5.15. The van der Waals surface area contributed by atoms with Crippen molar-refractivity contribution < 1.29 is 13.9 Å². The summed E-state index contributed by atoms with van der Waals surface area (Å²) in [7, 11) is 0. The molecule has 0 bridgehead atoms. The molecular weight excluding hydrogens is 295 g/mol. The summed E-state index contributed by atoms with van der Waals surface area (Å²) in [5.41, 5.74) is 0. The van der Waals surface area contributed by atoms with Crippen molar-refractivity contribution in [3.8, 4) is 5.75 Å². The van der Waals surface area contributed by atoms with Gasteiger partial charge >= 0.3 is 0 Å². The van der Waals surface area contributed by atoms with Gasteiger partial charge in [-0.3, -0.25) is 4.79 Å². The number of benzene rings is 1. The number of halogens is 2. The molecule has 2 atom stereocenters. The second kappa shape index (κ2) is 8.85. The Bertz CT molecular complexity index is 453. The molecule has 118 valence electrons. The molecule has 0 radical (unpaired) electrons. The molecule has 1 aliphatic rings. The van der Waals surface area contributed by atoms with Crippen LogP contribution < -0.4 is 15.4 Å². The predicted molar refractivity (Wildman–Crippen MR) is 82.3 cm³/mol. The van der Waals surface area contributed by atoms with E-state index < -0.39 is 0 Å². The van der Waals surface area contributed by atoms with Gasteiger partial charge in [0, 0.05) is 6.54 Å². The van der Waals surface area contributed by atoms with Gasteiger partial charge in [-0.05, 0) is 38.4 Å². The molecule has 1 amide bonds. The van der Waals surface area contributed by atoms with Crippen molar-refractivity contribution in [2.75, 3.05) is 19.6 Å². The fraction of sp³-hybridized carbons (Fsp3) is 0.533. The molecule has 4 nitrogen and oxygen atoms in total. The van der Waals surface area contributed by atoms with Crippen LogP contribution in [0.5, 0.6) is 5.75 Å². The number of amides is 1. The summed E-state index contributed by atoms with van der Waals surface area (Å²) < 4.78 is 18.9. The highest BCUT2D eigenvalue weighted by atomic mass is 35.5. The molecule has 2 N–H and O–H groups in total. The Labute approximate surface area is 130 Å². The third-order valence-electron chi connectivity index (χ3n) is 3.40. The van der Waals surface area contributed by atoms with Crippen LogP contribution in [0.2, 0.25) is 0 Å². The first kappa shape index (κ1) is 17.7. The van der Waals surface area contributed by atoms with Gasteiger partial charge in [0.2, 0.25) is 5.91 Å². The molecule has 0 aliphatic carbocycles. The Balaban J connectivity index is 0.00000220. The van der Waals surface area contributed by atoms with Gasteiger partial charge in [0.15, 0.2) is 11.6 Å². The highest BCUT2D eigenvalue weighted by molar-refractivity contribution is 5.85. The first-order valence-electron chi connectivity index (χ1n) is 7.06. The number of carbonyl (C=O) groups excluding carboxylic acids is 1. The van der Waals surface area contributed by atoms with E-state index in [1.54, 1.807) is 18.2 Å². The molecule has 2 rings (SSSR count). The van der Waals surface area contributed by atoms with E-state index in [-0.39, 0.29) is 41.9 Å². The number of nitrogens with one attached hydrogen (secondary N) is 2. The monoisotopic (exact) mass is 316 g/mol. The molecule has 0 spiro atoms. The van der Waals surface area contributed by atoms with Crippen LogP contribution in [0.15, 0.2) is 24.3 Å². The van der Waals surface area contributed by atoms with Crippen molar-refractivity contribution in [2.45, 2.75) is 25.9 Å². The minimum Gasteiger partial charge on any atom is -0.486 e. The second-order valence-corrected chi connectivity index (χ2v) is 5.15. The highest BCUT2D eigenvalue weighted by Crippen LogP contribution is 2.17. The van der Waals surface area contributed by atoms with Crippen LogP contribution in [0.1, 0.15) is 19.8 Å². The van der Waals surface area contributed by atoms with Crippen molar-refractivity contribution in [2.24, 2.45) is 5.92 Å². The average Bonchev–Trinajstić information content (AvgIpc) is 2.48. The number of hydrogen-bond acceptors (Lipinski definition) is 3. The number of carbonyl (C=O) groups is 1. The van der Waals surface area contributed by atoms with Gasteiger partial charge in [-0.2, -0.15) is 0 Å². The van der Waals surface area contributed by atoms with Crippen LogP contribution in [-0.2, 0) is 4.79 Å². The molecule has 1 aliphatic heterocycles. The third-order valence-corrected chi connectivity index (χ3v) is 3.40. The summed E-state index contributed by atoms with van der Waals surface area (Å²) in [6, 6.07) is 6.27. The summed E-state index contributed by atoms with van der Waals surface area (Å²) in [5.74, 6) is -0.0960. The summed E-state index contributed by atoms with van der Waals surface area (Å²) in [6.07, 6.45) is 1.67. The van der Waals surface area contributed by atoms with E-state index in [1.165, 1.54) is 6.07 Å². The van der Waals surface area contributed by atoms with E-state index in [1.807, 2.05) is 6.92 Å². The van der Waals surface area contributed by atoms with Crippen LogP contribution in [-0.4, -0.2) is 31.6 Å². The Kier molecular flexibility index (Phi) is 7.47. The molecule has 2 unspecified atom stereocenters. The molecule has 21 heavy (non-hydrogen) atoms. The Morgan fingerprint density at radius 3 is 2.95 bits per heavy atom. The van der Waals surface area contributed by atoms with Crippen LogP contribution in [0.3, 0.4) is 0 Å². The topological polar surface area (TPSA) is 50.4 Å². The van der Waals surface area contributed by atoms with Gasteiger partial charge in [0.25, 0.3) is 0 Å². The lowest BCUT2D eigenvalue weighted by Crippen LogP contribution is -2.43. The lowest BCUT2D eigenvalue weighted by atomic mass is 9.99. The lowest BCUT2D eigenvalue weighted by Gasteiger charge is -2.23. The third kappa shape index (κ3) is 5.52. The first-order valence-corrected chi connectivity index (χ1v) is 7.06. The minimum absolute atomic E-state index is 0. The van der Waals surface area contributed by atoms with Crippen LogP contribution in [0.25, 0.3) is 0 Å². The van der Waals surface area contributed by atoms with Crippen molar-refractivity contribution in [1.82, 2.24) is 10.6 Å². The van der Waals surface area contributed by atoms with Gasteiger partial charge in [0.1, 0.15) is 6.10 Å². The molecule has 0 saturated carbocycles. The van der Waals surface area contributed by atoms with E-state index >= 15 is 0 Å². The summed E-state index contributed by atoms with van der Waals surface area (Å²) in [6.45, 7) is 3.90. The quantitative estimate of drug-likeness (QED) is 0.875. The van der Waals surface area contributed by atoms with Gasteiger partial charge in [-0.25, -0.2) is 4.39 Å². The van der Waals surface area contributed by atoms with Crippen molar-refractivity contribution in [1.29, 1.82) is 0 Å². The normalized spacial score (nSPS) is 19.2. The molecule has 0 aromatic heterocycles. The lowest BCUT2D eigenvalue weighted by molar-refractivity contribution is -0.125. The van der Waals surface area contributed by atoms with E-state index in [2.05, 4.69) is 10.6 Å². The summed E-state index contributed by atoms with van der Waals surface area (Å²) in [4.78, 5) is 11.9. The number of ether oxygens (including phenoxy) is 1. The van der Waals surface area contributed by atoms with Crippen LogP contribution in [0.4, 0.5) is 4.39 Å². The molecule has 6 heteroatoms. The van der Waals surface area contributed by atoms with E-state index in [0.717, 1.165) is 25.9 Å². The van der Waals surface area contributed by atoms with Crippen molar-refractivity contribution in [3.63, 3.8) is 0 Å². The minimum atomic E-state index is -0.387. The van der Waals surface area contributed by atoms with Crippen LogP contribution in [0, 0.1) is 11.7 Å². The maximum Gasteiger partial charge on any atom is 0.224 e. The van der Waals surface area contributed by atoms with Gasteiger partial charge in [-0.1, -0.05) is 12.1 Å². The first-order chi connectivity index (χ1) is 9.66. The Morgan fingerprint density at radius 2 is 2.29 bits per heavy atom. The van der Waals surface area contributed by atoms with E-state index in [4.69, 9.17) is 4.74 Å². The summed E-state index contributed by atoms with van der Waals surface area (Å²) >= 11 is 0. The SMILES string of the molecule is CC(CNC(=O)C1CCCNC1)Oc1ccccc1F.Cl. The molecule has 1 fully saturated rings. The molecular formula is C15H22ClFN2O2. The standard InChI is InChI=1S/C15H21FN2O2.ClH/c1-11(20-14-7-3-2-6-13(14)16)9-18-15(19)12-5-4-8-17-10-12;/h2-3,6-7,11-12,17H,4-5,8-10H2,1H3,(H,18,19);1H. The average molecular weight is 317 g/mol. The van der Waals surface area contributed by atoms with E-state index in [0.29, 0.717) is 6.54 Å². The smallest absolute Gasteiger partial charge is 0.224 e. The Hall–Kier alpha value is -1.33. The van der Waals surface area contributed by atoms with Crippen LogP contribution >= 0.6 is 12.4 Å². The zero-order valence-corrected chi connectivity index (χ0v) is 12.9. The van der Waals surface area contributed by atoms with Gasteiger partial charge < -0.3 is 15.4 Å². The molecule has 1 aromatic carbocycles. The fourth-order valence-electron chi connectivity index (χ4n) is 2.26. The van der Waals surface area contributed by atoms with Crippen molar-refractivity contribution >= 4 is 18.3 Å². The summed E-state index contributed by atoms with van der Waals surface area (Å²) in [5, 5.41) is 6.07. The predicted octanol–water partition coefficient (Wildman–Crippen LogP) is 2.13. The highest BCUT2D eigenvalue weighted by Gasteiger charge is 2.21. The maximum atomic E-state index is 13.4. The van der Waals surface area contributed by atoms with Gasteiger partial charge in [-0.15, -0.1) is 12.4 Å². The molecule has 1 aromatic rings. The van der Waals surface area contributed by atoms with Crippen molar-refractivity contribution in [3.05, 3.63) is 30.1 Å². The zero-order chi connectivity index (χ0) is 14.4. The number of para-hydroxylation sites is 1. The number of hydrogen-bond donors (Lipinski definition) is 2. The van der Waals surface area contributed by atoms with E-state index in [9.17, 15) is 9.18 Å².